The van der Waals surface area contributed by atoms with E-state index in [-0.39, 0.29) is 11.9 Å². The SMILES string of the molecule is CCOC(C(=O)c1c(Cl)cnn1CC)C1CCCCC1. The molecule has 0 saturated heterocycles. The predicted molar refractivity (Wildman–Crippen MR) is 79.2 cm³/mol. The molecule has 1 aromatic rings. The van der Waals surface area contributed by atoms with Crippen molar-refractivity contribution in [1.29, 1.82) is 0 Å². The van der Waals surface area contributed by atoms with Crippen molar-refractivity contribution in [2.45, 2.75) is 58.6 Å². The highest BCUT2D eigenvalue weighted by Gasteiger charge is 2.33. The third kappa shape index (κ3) is 3.23. The van der Waals surface area contributed by atoms with E-state index in [1.165, 1.54) is 19.3 Å². The molecule has 1 atom stereocenters. The maximum atomic E-state index is 12.8. The van der Waals surface area contributed by atoms with Gasteiger partial charge in [-0.1, -0.05) is 30.9 Å². The van der Waals surface area contributed by atoms with Crippen LogP contribution in [0.1, 0.15) is 56.4 Å². The second-order valence-electron chi connectivity index (χ2n) is 5.30. The third-order valence-electron chi connectivity index (χ3n) is 4.01. The minimum absolute atomic E-state index is 0.0110. The molecule has 1 aliphatic carbocycles. The molecule has 0 radical (unpaired) electrons. The first kappa shape index (κ1) is 15.5. The van der Waals surface area contributed by atoms with E-state index in [9.17, 15) is 4.79 Å². The Bertz CT molecular complexity index is 453. The van der Waals surface area contributed by atoms with E-state index in [4.69, 9.17) is 16.3 Å². The number of ketones is 1. The lowest BCUT2D eigenvalue weighted by Gasteiger charge is -2.29. The van der Waals surface area contributed by atoms with Crippen LogP contribution >= 0.6 is 11.6 Å². The van der Waals surface area contributed by atoms with Crippen molar-refractivity contribution in [3.63, 3.8) is 0 Å². The van der Waals surface area contributed by atoms with E-state index >= 15 is 0 Å². The summed E-state index contributed by atoms with van der Waals surface area (Å²) in [5.74, 6) is 0.301. The maximum Gasteiger partial charge on any atom is 0.211 e. The summed E-state index contributed by atoms with van der Waals surface area (Å²) in [5, 5.41) is 4.58. The Balaban J connectivity index is 2.23. The van der Waals surface area contributed by atoms with E-state index in [0.29, 0.717) is 29.8 Å². The van der Waals surface area contributed by atoms with Crippen molar-refractivity contribution in [2.24, 2.45) is 5.92 Å². The highest BCUT2D eigenvalue weighted by Crippen LogP contribution is 2.31. The summed E-state index contributed by atoms with van der Waals surface area (Å²) in [4.78, 5) is 12.8. The number of carbonyl (C=O) groups excluding carboxylic acids is 1. The Kier molecular flexibility index (Phi) is 5.61. The van der Waals surface area contributed by atoms with Crippen LogP contribution in [0.15, 0.2) is 6.20 Å². The molecular weight excluding hydrogens is 276 g/mol. The lowest BCUT2D eigenvalue weighted by atomic mass is 9.83. The van der Waals surface area contributed by atoms with Gasteiger partial charge in [-0.05, 0) is 32.6 Å². The number of aromatic nitrogens is 2. The molecule has 4 nitrogen and oxygen atoms in total. The average molecular weight is 299 g/mol. The Labute approximate surface area is 125 Å². The Morgan fingerprint density at radius 2 is 2.15 bits per heavy atom. The second-order valence-corrected chi connectivity index (χ2v) is 5.70. The van der Waals surface area contributed by atoms with Crippen molar-refractivity contribution in [3.05, 3.63) is 16.9 Å². The molecule has 0 aliphatic heterocycles. The molecular formula is C15H23ClN2O2. The lowest BCUT2D eigenvalue weighted by Crippen LogP contribution is -2.35. The number of aryl methyl sites for hydroxylation is 1. The molecule has 0 bridgehead atoms. The van der Waals surface area contributed by atoms with Crippen LogP contribution in [0.25, 0.3) is 0 Å². The monoisotopic (exact) mass is 298 g/mol. The quantitative estimate of drug-likeness (QED) is 0.752. The first-order chi connectivity index (χ1) is 9.69. The highest BCUT2D eigenvalue weighted by atomic mass is 35.5. The van der Waals surface area contributed by atoms with Crippen molar-refractivity contribution >= 4 is 17.4 Å². The molecule has 0 spiro atoms. The molecule has 1 fully saturated rings. The normalized spacial score (nSPS) is 18.1. The smallest absolute Gasteiger partial charge is 0.211 e. The summed E-state index contributed by atoms with van der Waals surface area (Å²) >= 11 is 6.14. The molecule has 1 aromatic heterocycles. The predicted octanol–water partition coefficient (Wildman–Crippen LogP) is 3.72. The summed E-state index contributed by atoms with van der Waals surface area (Å²) in [5.41, 5.74) is 0.498. The average Bonchev–Trinajstić information content (AvgIpc) is 2.86. The lowest BCUT2D eigenvalue weighted by molar-refractivity contribution is 0.0119. The number of rotatable bonds is 6. The van der Waals surface area contributed by atoms with Gasteiger partial charge in [-0.25, -0.2) is 0 Å². The zero-order chi connectivity index (χ0) is 14.5. The molecule has 1 unspecified atom stereocenters. The largest absolute Gasteiger partial charge is 0.370 e. The molecule has 112 valence electrons. The van der Waals surface area contributed by atoms with Crippen molar-refractivity contribution < 1.29 is 9.53 Å². The molecule has 20 heavy (non-hydrogen) atoms. The van der Waals surface area contributed by atoms with E-state index in [1.54, 1.807) is 10.9 Å². The number of carbonyl (C=O) groups is 1. The van der Waals surface area contributed by atoms with Gasteiger partial charge in [0.25, 0.3) is 0 Å². The molecule has 1 heterocycles. The maximum absolute atomic E-state index is 12.8. The van der Waals surface area contributed by atoms with Crippen molar-refractivity contribution in [2.75, 3.05) is 6.61 Å². The van der Waals surface area contributed by atoms with Gasteiger partial charge in [0.15, 0.2) is 0 Å². The Hall–Kier alpha value is -0.870. The van der Waals surface area contributed by atoms with Gasteiger partial charge in [-0.2, -0.15) is 5.10 Å². The zero-order valence-corrected chi connectivity index (χ0v) is 13.0. The van der Waals surface area contributed by atoms with Crippen LogP contribution in [0.3, 0.4) is 0 Å². The molecule has 1 aliphatic rings. The Morgan fingerprint density at radius 3 is 2.75 bits per heavy atom. The second kappa shape index (κ2) is 7.23. The molecule has 2 rings (SSSR count). The van der Waals surface area contributed by atoms with E-state index in [0.717, 1.165) is 12.8 Å². The van der Waals surface area contributed by atoms with Gasteiger partial charge in [0.05, 0.1) is 11.2 Å². The van der Waals surface area contributed by atoms with Gasteiger partial charge < -0.3 is 4.74 Å². The first-order valence-electron chi connectivity index (χ1n) is 7.56. The van der Waals surface area contributed by atoms with Gasteiger partial charge in [0.1, 0.15) is 11.8 Å². The summed E-state index contributed by atoms with van der Waals surface area (Å²) in [6.07, 6.45) is 6.92. The third-order valence-corrected chi connectivity index (χ3v) is 4.29. The van der Waals surface area contributed by atoms with Crippen LogP contribution in [-0.2, 0) is 11.3 Å². The van der Waals surface area contributed by atoms with Crippen molar-refractivity contribution in [3.8, 4) is 0 Å². The number of hydrogen-bond donors (Lipinski definition) is 0. The van der Waals surface area contributed by atoms with Gasteiger partial charge >= 0.3 is 0 Å². The van der Waals surface area contributed by atoms with E-state index < -0.39 is 0 Å². The van der Waals surface area contributed by atoms with Crippen molar-refractivity contribution in [1.82, 2.24) is 9.78 Å². The standard InChI is InChI=1S/C15H23ClN2O2/c1-3-18-13(12(16)10-17-18)14(19)15(20-4-2)11-8-6-5-7-9-11/h10-11,15H,3-9H2,1-2H3. The molecule has 0 amide bonds. The summed E-state index contributed by atoms with van der Waals surface area (Å²) in [6.45, 7) is 5.07. The number of nitrogens with zero attached hydrogens (tertiary/aromatic N) is 2. The van der Waals surface area contributed by atoms with E-state index in [2.05, 4.69) is 5.10 Å². The van der Waals surface area contributed by atoms with Gasteiger partial charge in [0, 0.05) is 13.2 Å². The van der Waals surface area contributed by atoms with Crippen LogP contribution in [0.2, 0.25) is 5.02 Å². The fraction of sp³-hybridized carbons (Fsp3) is 0.733. The van der Waals surface area contributed by atoms with Crippen LogP contribution in [0.4, 0.5) is 0 Å². The number of hydrogen-bond acceptors (Lipinski definition) is 3. The summed E-state index contributed by atoms with van der Waals surface area (Å²) in [6, 6.07) is 0. The topological polar surface area (TPSA) is 44.1 Å². The van der Waals surface area contributed by atoms with Crippen LogP contribution in [0, 0.1) is 5.92 Å². The van der Waals surface area contributed by atoms with Crippen LogP contribution in [-0.4, -0.2) is 28.3 Å². The summed E-state index contributed by atoms with van der Waals surface area (Å²) < 4.78 is 7.44. The van der Waals surface area contributed by atoms with Crippen LogP contribution < -0.4 is 0 Å². The highest BCUT2D eigenvalue weighted by molar-refractivity contribution is 6.33. The number of Topliss-reactive ketones (excluding diaryl/α,β-unsaturated/α-hetero) is 1. The fourth-order valence-electron chi connectivity index (χ4n) is 3.02. The van der Waals surface area contributed by atoms with E-state index in [1.807, 2.05) is 13.8 Å². The van der Waals surface area contributed by atoms with Gasteiger partial charge in [-0.3, -0.25) is 9.48 Å². The zero-order valence-electron chi connectivity index (χ0n) is 12.3. The van der Waals surface area contributed by atoms with Crippen LogP contribution in [0.5, 0.6) is 0 Å². The molecule has 1 saturated carbocycles. The minimum atomic E-state index is -0.375. The first-order valence-corrected chi connectivity index (χ1v) is 7.93. The molecule has 0 aromatic carbocycles. The van der Waals surface area contributed by atoms with Gasteiger partial charge in [0.2, 0.25) is 5.78 Å². The Morgan fingerprint density at radius 1 is 1.45 bits per heavy atom. The molecule has 0 N–H and O–H groups in total. The number of ether oxygens (including phenoxy) is 1. The summed E-state index contributed by atoms with van der Waals surface area (Å²) in [7, 11) is 0. The van der Waals surface area contributed by atoms with Gasteiger partial charge in [-0.15, -0.1) is 0 Å². The fourth-order valence-corrected chi connectivity index (χ4v) is 3.26. The molecule has 5 heteroatoms. The number of halogens is 1. The minimum Gasteiger partial charge on any atom is -0.370 e.